The topological polar surface area (TPSA) is 0 Å². The third kappa shape index (κ3) is 0.905. The van der Waals surface area contributed by atoms with E-state index in [9.17, 15) is 0 Å². The van der Waals surface area contributed by atoms with Gasteiger partial charge in [-0.15, -0.1) is 0 Å². The lowest BCUT2D eigenvalue weighted by Gasteiger charge is -2.33. The molecule has 0 amide bonds. The van der Waals surface area contributed by atoms with E-state index < -0.39 is 0 Å². The fourth-order valence-corrected chi connectivity index (χ4v) is 4.14. The highest BCUT2D eigenvalue weighted by molar-refractivity contribution is 6.11. The van der Waals surface area contributed by atoms with Crippen LogP contribution in [0.2, 0.25) is 0 Å². The summed E-state index contributed by atoms with van der Waals surface area (Å²) in [6.07, 6.45) is 3.96. The first kappa shape index (κ1) is 9.16. The molecule has 0 fully saturated rings. The Hall–Kier alpha value is -1.82. The molecule has 0 heteroatoms. The maximum absolute atomic E-state index is 2.48. The quantitative estimate of drug-likeness (QED) is 0.488. The third-order valence-corrected chi connectivity index (χ3v) is 4.89. The largest absolute Gasteiger partial charge is 0.0616 e. The van der Waals surface area contributed by atoms with Crippen LogP contribution in [-0.4, -0.2) is 0 Å². The molecular weight excluding hydrogens is 216 g/mol. The van der Waals surface area contributed by atoms with Crippen molar-refractivity contribution in [3.63, 3.8) is 0 Å². The fourth-order valence-electron chi connectivity index (χ4n) is 4.14. The Morgan fingerprint density at radius 3 is 2.56 bits per heavy atom. The van der Waals surface area contributed by atoms with Gasteiger partial charge in [0.05, 0.1) is 0 Å². The predicted octanol–water partition coefficient (Wildman–Crippen LogP) is 4.77. The van der Waals surface area contributed by atoms with Crippen molar-refractivity contribution in [3.8, 4) is 0 Å². The van der Waals surface area contributed by atoms with Crippen molar-refractivity contribution in [2.75, 3.05) is 0 Å². The Morgan fingerprint density at radius 1 is 0.778 bits per heavy atom. The summed E-state index contributed by atoms with van der Waals surface area (Å²) in [4.78, 5) is 0. The summed E-state index contributed by atoms with van der Waals surface area (Å²) < 4.78 is 0. The Balaban J connectivity index is 2.15. The Morgan fingerprint density at radius 2 is 1.61 bits per heavy atom. The number of aryl methyl sites for hydroxylation is 1. The van der Waals surface area contributed by atoms with Crippen LogP contribution in [0.3, 0.4) is 0 Å². The van der Waals surface area contributed by atoms with Crippen LogP contribution in [0.25, 0.3) is 21.5 Å². The van der Waals surface area contributed by atoms with E-state index >= 15 is 0 Å². The van der Waals surface area contributed by atoms with Gasteiger partial charge in [-0.3, -0.25) is 0 Å². The normalized spacial score (nSPS) is 20.1. The van der Waals surface area contributed by atoms with Gasteiger partial charge in [-0.05, 0) is 63.6 Å². The summed E-state index contributed by atoms with van der Waals surface area (Å²) in [5.41, 5.74) is 4.83. The molecule has 0 nitrogen and oxygen atoms in total. The minimum atomic E-state index is 0.664. The van der Waals surface area contributed by atoms with Gasteiger partial charge in [0.25, 0.3) is 0 Å². The number of rotatable bonds is 0. The fraction of sp³-hybridized carbons (Fsp3) is 0.222. The molecule has 3 aromatic carbocycles. The SMILES string of the molecule is c1ccc2c(c1)c1cc3c4c(ccc32)C1CCC4. The van der Waals surface area contributed by atoms with Crippen LogP contribution >= 0.6 is 0 Å². The highest BCUT2D eigenvalue weighted by atomic mass is 14.3. The minimum absolute atomic E-state index is 0.664. The smallest absolute Gasteiger partial charge is 0.00987 e. The van der Waals surface area contributed by atoms with Crippen LogP contribution < -0.4 is 0 Å². The molecule has 0 saturated heterocycles. The van der Waals surface area contributed by atoms with Gasteiger partial charge in [-0.1, -0.05) is 36.4 Å². The van der Waals surface area contributed by atoms with Gasteiger partial charge in [0.1, 0.15) is 0 Å². The Labute approximate surface area is 106 Å². The second-order valence-electron chi connectivity index (χ2n) is 5.68. The van der Waals surface area contributed by atoms with Crippen molar-refractivity contribution in [2.24, 2.45) is 0 Å². The molecule has 2 aliphatic carbocycles. The van der Waals surface area contributed by atoms with Gasteiger partial charge in [-0.2, -0.15) is 0 Å². The maximum Gasteiger partial charge on any atom is 0.00987 e. The molecule has 1 atom stereocenters. The molecular formula is C18H14. The van der Waals surface area contributed by atoms with Gasteiger partial charge in [-0.25, -0.2) is 0 Å². The van der Waals surface area contributed by atoms with Gasteiger partial charge >= 0.3 is 0 Å². The molecule has 0 aliphatic heterocycles. The summed E-state index contributed by atoms with van der Waals surface area (Å²) in [5.74, 6) is 0.664. The summed E-state index contributed by atoms with van der Waals surface area (Å²) in [7, 11) is 0. The van der Waals surface area contributed by atoms with Crippen molar-refractivity contribution in [1.82, 2.24) is 0 Å². The average Bonchev–Trinajstić information content (AvgIpc) is 2.41. The second kappa shape index (κ2) is 2.95. The van der Waals surface area contributed by atoms with E-state index in [1.165, 1.54) is 40.8 Å². The van der Waals surface area contributed by atoms with Crippen molar-refractivity contribution < 1.29 is 0 Å². The zero-order valence-electron chi connectivity index (χ0n) is 10.2. The van der Waals surface area contributed by atoms with Crippen molar-refractivity contribution in [1.29, 1.82) is 0 Å². The van der Waals surface area contributed by atoms with Crippen LogP contribution in [0.4, 0.5) is 0 Å². The maximum atomic E-state index is 2.48. The van der Waals surface area contributed by atoms with Gasteiger partial charge in [0.2, 0.25) is 0 Å². The van der Waals surface area contributed by atoms with E-state index in [4.69, 9.17) is 0 Å². The van der Waals surface area contributed by atoms with Crippen LogP contribution in [0, 0.1) is 0 Å². The van der Waals surface area contributed by atoms with E-state index in [2.05, 4.69) is 42.5 Å². The van der Waals surface area contributed by atoms with E-state index in [0.29, 0.717) is 5.92 Å². The summed E-state index contributed by atoms with van der Waals surface area (Å²) in [6, 6.07) is 16.1. The zero-order chi connectivity index (χ0) is 11.7. The number of benzene rings is 3. The van der Waals surface area contributed by atoms with E-state index in [1.807, 2.05) is 0 Å². The highest BCUT2D eigenvalue weighted by Gasteiger charge is 2.29. The Bertz CT molecular complexity index is 811. The van der Waals surface area contributed by atoms with Gasteiger partial charge < -0.3 is 0 Å². The predicted molar refractivity (Wildman–Crippen MR) is 76.2 cm³/mol. The second-order valence-corrected chi connectivity index (χ2v) is 5.68. The molecule has 2 aliphatic rings. The molecule has 0 spiro atoms. The molecule has 3 aromatic rings. The van der Waals surface area contributed by atoms with E-state index in [0.717, 1.165) is 0 Å². The lowest BCUT2D eigenvalue weighted by atomic mass is 9.71. The molecule has 1 unspecified atom stereocenters. The summed E-state index contributed by atoms with van der Waals surface area (Å²) >= 11 is 0. The van der Waals surface area contributed by atoms with Crippen molar-refractivity contribution in [3.05, 3.63) is 59.2 Å². The average molecular weight is 230 g/mol. The lowest BCUT2D eigenvalue weighted by Crippen LogP contribution is -2.15. The molecule has 0 aromatic heterocycles. The number of fused-ring (bicyclic) bond motifs is 5. The standard InChI is InChI=1S/C18H14/c1-2-5-12-11(4-1)16-9-8-15-13-6-3-7-14(15)18(16)10-17(12)13/h1-2,4-5,8-10,13H,3,6-7H2. The lowest BCUT2D eigenvalue weighted by molar-refractivity contribution is 0.617. The summed E-state index contributed by atoms with van der Waals surface area (Å²) in [5, 5.41) is 5.90. The van der Waals surface area contributed by atoms with Crippen LogP contribution in [0.5, 0.6) is 0 Å². The first-order valence-electron chi connectivity index (χ1n) is 6.90. The first-order chi connectivity index (χ1) is 8.93. The van der Waals surface area contributed by atoms with Gasteiger partial charge in [0.15, 0.2) is 0 Å². The highest BCUT2D eigenvalue weighted by Crippen LogP contribution is 2.48. The van der Waals surface area contributed by atoms with E-state index in [-0.39, 0.29) is 0 Å². The molecule has 0 heterocycles. The van der Waals surface area contributed by atoms with Crippen LogP contribution in [0.1, 0.15) is 35.4 Å². The van der Waals surface area contributed by atoms with E-state index in [1.54, 1.807) is 16.7 Å². The Kier molecular flexibility index (Phi) is 1.50. The van der Waals surface area contributed by atoms with Crippen LogP contribution in [-0.2, 0) is 6.42 Å². The number of hydrogen-bond donors (Lipinski definition) is 0. The molecule has 5 bridgehead atoms. The van der Waals surface area contributed by atoms with Crippen LogP contribution in [0.15, 0.2) is 42.5 Å². The molecule has 5 rings (SSSR count). The molecule has 86 valence electrons. The van der Waals surface area contributed by atoms with Crippen molar-refractivity contribution >= 4 is 21.5 Å². The molecule has 18 heavy (non-hydrogen) atoms. The van der Waals surface area contributed by atoms with Crippen molar-refractivity contribution in [2.45, 2.75) is 25.2 Å². The number of hydrogen-bond acceptors (Lipinski definition) is 0. The molecule has 0 radical (unpaired) electrons. The summed E-state index contributed by atoms with van der Waals surface area (Å²) in [6.45, 7) is 0. The monoisotopic (exact) mass is 230 g/mol. The van der Waals surface area contributed by atoms with Gasteiger partial charge in [0, 0.05) is 5.92 Å². The third-order valence-electron chi connectivity index (χ3n) is 4.89. The zero-order valence-corrected chi connectivity index (χ0v) is 10.2. The first-order valence-corrected chi connectivity index (χ1v) is 6.90. The molecule has 0 N–H and O–H groups in total. The molecule has 0 saturated carbocycles. The minimum Gasteiger partial charge on any atom is -0.0616 e.